The van der Waals surface area contributed by atoms with Gasteiger partial charge >= 0.3 is 5.97 Å². The van der Waals surface area contributed by atoms with E-state index in [4.69, 9.17) is 9.84 Å². The van der Waals surface area contributed by atoms with Gasteiger partial charge in [0.05, 0.1) is 17.4 Å². The third kappa shape index (κ3) is 3.94. The normalized spacial score (nSPS) is 11.6. The summed E-state index contributed by atoms with van der Waals surface area (Å²) in [6, 6.07) is 4.11. The molecule has 0 spiro atoms. The fourth-order valence-electron chi connectivity index (χ4n) is 1.93. The molecule has 0 fully saturated rings. The zero-order valence-corrected chi connectivity index (χ0v) is 12.6. The number of carboxylic acids is 1. The lowest BCUT2D eigenvalue weighted by atomic mass is 10.1. The summed E-state index contributed by atoms with van der Waals surface area (Å²) in [7, 11) is 1.40. The number of hydrogen-bond donors (Lipinski definition) is 1. The van der Waals surface area contributed by atoms with Gasteiger partial charge in [-0.05, 0) is 13.0 Å². The summed E-state index contributed by atoms with van der Waals surface area (Å²) in [5, 5.41) is 20.0. The molecule has 1 atom stereocenters. The van der Waals surface area contributed by atoms with E-state index < -0.39 is 22.7 Å². The fraction of sp³-hybridized carbons (Fsp3) is 0.429. The molecule has 0 aromatic heterocycles. The molecule has 8 nitrogen and oxygen atoms in total. The number of benzene rings is 1. The van der Waals surface area contributed by atoms with E-state index in [1.54, 1.807) is 6.92 Å². The molecule has 0 saturated carbocycles. The summed E-state index contributed by atoms with van der Waals surface area (Å²) < 4.78 is 5.28. The highest BCUT2D eigenvalue weighted by Gasteiger charge is 2.28. The number of rotatable bonds is 7. The largest absolute Gasteiger partial charge is 0.493 e. The van der Waals surface area contributed by atoms with E-state index in [1.165, 1.54) is 32.2 Å². The average Bonchev–Trinajstić information content (AvgIpc) is 2.46. The molecular formula is C14H18N2O6. The van der Waals surface area contributed by atoms with Crippen molar-refractivity contribution in [1.29, 1.82) is 0 Å². The lowest BCUT2D eigenvalue weighted by Crippen LogP contribution is -2.34. The molecule has 1 unspecified atom stereocenters. The molecule has 0 bridgehead atoms. The van der Waals surface area contributed by atoms with Crippen LogP contribution in [0.4, 0.5) is 5.69 Å². The molecule has 0 heterocycles. The lowest BCUT2D eigenvalue weighted by Gasteiger charge is -2.20. The van der Waals surface area contributed by atoms with E-state index in [-0.39, 0.29) is 30.2 Å². The van der Waals surface area contributed by atoms with Gasteiger partial charge in [-0.1, -0.05) is 13.0 Å². The number of carbonyl (C=O) groups is 2. The van der Waals surface area contributed by atoms with Crippen LogP contribution in [0.2, 0.25) is 0 Å². The molecule has 1 aromatic carbocycles. The second-order valence-corrected chi connectivity index (χ2v) is 4.77. The third-order valence-electron chi connectivity index (χ3n) is 3.03. The Kier molecular flexibility index (Phi) is 5.85. The molecule has 22 heavy (non-hydrogen) atoms. The van der Waals surface area contributed by atoms with Crippen molar-refractivity contribution in [2.45, 2.75) is 13.8 Å². The minimum absolute atomic E-state index is 0.0637. The Morgan fingerprint density at radius 1 is 1.45 bits per heavy atom. The van der Waals surface area contributed by atoms with Crippen molar-refractivity contribution in [3.63, 3.8) is 0 Å². The van der Waals surface area contributed by atoms with Gasteiger partial charge in [-0.15, -0.1) is 0 Å². The first-order chi connectivity index (χ1) is 10.3. The first-order valence-corrected chi connectivity index (χ1v) is 6.68. The van der Waals surface area contributed by atoms with Crippen LogP contribution in [-0.2, 0) is 4.79 Å². The van der Waals surface area contributed by atoms with E-state index in [0.29, 0.717) is 0 Å². The van der Waals surface area contributed by atoms with Crippen molar-refractivity contribution < 1.29 is 24.4 Å². The number of carbonyl (C=O) groups excluding carboxylic acids is 1. The Morgan fingerprint density at radius 2 is 2.09 bits per heavy atom. The smallest absolute Gasteiger partial charge is 0.308 e. The number of ether oxygens (including phenoxy) is 1. The first-order valence-electron chi connectivity index (χ1n) is 6.68. The Hall–Kier alpha value is -2.64. The van der Waals surface area contributed by atoms with Crippen molar-refractivity contribution in [2.75, 3.05) is 20.2 Å². The van der Waals surface area contributed by atoms with Crippen LogP contribution in [0.5, 0.6) is 5.75 Å². The van der Waals surface area contributed by atoms with Gasteiger partial charge in [0.15, 0.2) is 5.56 Å². The van der Waals surface area contributed by atoms with Gasteiger partial charge in [0.25, 0.3) is 11.6 Å². The van der Waals surface area contributed by atoms with Crippen molar-refractivity contribution in [1.82, 2.24) is 4.90 Å². The summed E-state index contributed by atoms with van der Waals surface area (Å²) in [4.78, 5) is 34.9. The predicted molar refractivity (Wildman–Crippen MR) is 78.0 cm³/mol. The number of nitro groups is 1. The van der Waals surface area contributed by atoms with Gasteiger partial charge in [0, 0.05) is 19.7 Å². The Balaban J connectivity index is 3.19. The SMILES string of the molecule is CCOc1cccc([N+](=O)[O-])c1C(=O)N(C)CC(C)C(=O)O. The molecule has 0 radical (unpaired) electrons. The number of hydrogen-bond acceptors (Lipinski definition) is 5. The molecule has 120 valence electrons. The second-order valence-electron chi connectivity index (χ2n) is 4.77. The van der Waals surface area contributed by atoms with E-state index in [0.717, 1.165) is 4.90 Å². The zero-order chi connectivity index (χ0) is 16.9. The monoisotopic (exact) mass is 310 g/mol. The molecule has 0 aliphatic carbocycles. The summed E-state index contributed by atoms with van der Waals surface area (Å²) in [6.45, 7) is 3.33. The Morgan fingerprint density at radius 3 is 2.59 bits per heavy atom. The van der Waals surface area contributed by atoms with Crippen molar-refractivity contribution in [3.05, 3.63) is 33.9 Å². The standard InChI is InChI=1S/C14H18N2O6/c1-4-22-11-7-5-6-10(16(20)21)12(11)13(17)15(3)8-9(2)14(18)19/h5-7,9H,4,8H2,1-3H3,(H,18,19). The second kappa shape index (κ2) is 7.39. The maximum Gasteiger partial charge on any atom is 0.308 e. The summed E-state index contributed by atoms with van der Waals surface area (Å²) in [6.07, 6.45) is 0. The molecule has 0 aliphatic heterocycles. The van der Waals surface area contributed by atoms with Crippen molar-refractivity contribution >= 4 is 17.6 Å². The minimum Gasteiger partial charge on any atom is -0.493 e. The van der Waals surface area contributed by atoms with E-state index in [9.17, 15) is 19.7 Å². The van der Waals surface area contributed by atoms with Crippen LogP contribution >= 0.6 is 0 Å². The topological polar surface area (TPSA) is 110 Å². The lowest BCUT2D eigenvalue weighted by molar-refractivity contribution is -0.385. The van der Waals surface area contributed by atoms with E-state index in [1.807, 2.05) is 0 Å². The molecular weight excluding hydrogens is 292 g/mol. The molecule has 1 amide bonds. The molecule has 0 aliphatic rings. The van der Waals surface area contributed by atoms with Crippen LogP contribution < -0.4 is 4.74 Å². The van der Waals surface area contributed by atoms with E-state index >= 15 is 0 Å². The highest BCUT2D eigenvalue weighted by atomic mass is 16.6. The third-order valence-corrected chi connectivity index (χ3v) is 3.03. The van der Waals surface area contributed by atoms with Gasteiger partial charge in [-0.25, -0.2) is 0 Å². The van der Waals surface area contributed by atoms with Crippen LogP contribution in [0.25, 0.3) is 0 Å². The van der Waals surface area contributed by atoms with Gasteiger partial charge in [-0.3, -0.25) is 19.7 Å². The van der Waals surface area contributed by atoms with Gasteiger partial charge in [0.1, 0.15) is 5.75 Å². The van der Waals surface area contributed by atoms with Crippen LogP contribution in [0.15, 0.2) is 18.2 Å². The van der Waals surface area contributed by atoms with Crippen molar-refractivity contribution in [3.8, 4) is 5.75 Å². The minimum atomic E-state index is -1.05. The number of nitro benzene ring substituents is 1. The number of amides is 1. The zero-order valence-electron chi connectivity index (χ0n) is 12.6. The van der Waals surface area contributed by atoms with Gasteiger partial charge in [0.2, 0.25) is 0 Å². The molecule has 0 saturated heterocycles. The van der Waals surface area contributed by atoms with Crippen LogP contribution in [0, 0.1) is 16.0 Å². The number of aliphatic carboxylic acids is 1. The number of carboxylic acid groups (broad SMARTS) is 1. The van der Waals surface area contributed by atoms with Crippen LogP contribution in [0.3, 0.4) is 0 Å². The van der Waals surface area contributed by atoms with Crippen molar-refractivity contribution in [2.24, 2.45) is 5.92 Å². The average molecular weight is 310 g/mol. The number of nitrogens with zero attached hydrogens (tertiary/aromatic N) is 2. The quantitative estimate of drug-likeness (QED) is 0.607. The Bertz CT molecular complexity index is 587. The van der Waals surface area contributed by atoms with E-state index in [2.05, 4.69) is 0 Å². The highest BCUT2D eigenvalue weighted by molar-refractivity contribution is 6.01. The molecule has 1 N–H and O–H groups in total. The summed E-state index contributed by atoms with van der Waals surface area (Å²) in [5.41, 5.74) is -0.541. The maximum atomic E-state index is 12.5. The Labute approximate surface area is 127 Å². The summed E-state index contributed by atoms with van der Waals surface area (Å²) in [5.74, 6) is -2.38. The van der Waals surface area contributed by atoms with Crippen LogP contribution in [0.1, 0.15) is 24.2 Å². The predicted octanol–water partition coefficient (Wildman–Crippen LogP) is 1.79. The first kappa shape index (κ1) is 17.4. The molecule has 1 aromatic rings. The summed E-state index contributed by atoms with van der Waals surface area (Å²) >= 11 is 0. The fourth-order valence-corrected chi connectivity index (χ4v) is 1.93. The highest BCUT2D eigenvalue weighted by Crippen LogP contribution is 2.29. The van der Waals surface area contributed by atoms with Gasteiger partial charge in [-0.2, -0.15) is 0 Å². The molecule has 8 heteroatoms. The maximum absolute atomic E-state index is 12.5. The molecule has 1 rings (SSSR count). The van der Waals surface area contributed by atoms with Gasteiger partial charge < -0.3 is 14.7 Å². The van der Waals surface area contributed by atoms with Crippen LogP contribution in [-0.4, -0.2) is 47.0 Å².